The van der Waals surface area contributed by atoms with E-state index < -0.39 is 42.3 Å². The summed E-state index contributed by atoms with van der Waals surface area (Å²) in [6.45, 7) is -0.409. The molecule has 0 atom stereocenters. The van der Waals surface area contributed by atoms with E-state index in [9.17, 15) is 22.4 Å². The fourth-order valence-corrected chi connectivity index (χ4v) is 3.18. The smallest absolute Gasteiger partial charge is 0.303 e. The van der Waals surface area contributed by atoms with Gasteiger partial charge in [0.05, 0.1) is 6.26 Å². The molecule has 0 fully saturated rings. The number of furan rings is 1. The van der Waals surface area contributed by atoms with E-state index in [1.807, 2.05) is 0 Å². The third kappa shape index (κ3) is 4.74. The number of carbonyl (C=O) groups is 1. The van der Waals surface area contributed by atoms with Crippen LogP contribution in [0.2, 0.25) is 0 Å². The number of halogens is 4. The average Bonchev–Trinajstić information content (AvgIpc) is 3.13. The Bertz CT molecular complexity index is 865. The van der Waals surface area contributed by atoms with E-state index in [1.165, 1.54) is 6.26 Å². The third-order valence-corrected chi connectivity index (χ3v) is 4.53. The lowest BCUT2D eigenvalue weighted by atomic mass is 9.88. The van der Waals surface area contributed by atoms with Gasteiger partial charge in [0.25, 0.3) is 5.92 Å². The van der Waals surface area contributed by atoms with Crippen molar-refractivity contribution in [1.82, 2.24) is 0 Å². The summed E-state index contributed by atoms with van der Waals surface area (Å²) in [5, 5.41) is 8.66. The number of benzene rings is 1. The van der Waals surface area contributed by atoms with Gasteiger partial charge in [0, 0.05) is 19.3 Å². The summed E-state index contributed by atoms with van der Waals surface area (Å²) >= 11 is 0. The molecule has 0 bridgehead atoms. The van der Waals surface area contributed by atoms with E-state index in [1.54, 1.807) is 12.1 Å². The number of aliphatic carboxylic acids is 1. The summed E-state index contributed by atoms with van der Waals surface area (Å²) in [7, 11) is 0. The number of allylic oxidation sites excluding steroid dienone is 1. The Morgan fingerprint density at radius 1 is 1.25 bits per heavy atom. The molecular formula is C20H18F4O4. The molecule has 3 rings (SSSR count). The largest absolute Gasteiger partial charge is 0.483 e. The van der Waals surface area contributed by atoms with Crippen molar-refractivity contribution in [3.8, 4) is 5.75 Å². The molecule has 0 aliphatic heterocycles. The van der Waals surface area contributed by atoms with Crippen LogP contribution >= 0.6 is 0 Å². The van der Waals surface area contributed by atoms with Crippen molar-refractivity contribution in [2.45, 2.75) is 38.0 Å². The maximum Gasteiger partial charge on any atom is 0.303 e. The molecule has 0 amide bonds. The number of aryl methyl sites for hydroxylation is 1. The van der Waals surface area contributed by atoms with Gasteiger partial charge in [-0.1, -0.05) is 0 Å². The zero-order chi connectivity index (χ0) is 20.3. The second-order valence-electron chi connectivity index (χ2n) is 6.66. The molecule has 0 spiro atoms. The molecule has 8 heteroatoms. The summed E-state index contributed by atoms with van der Waals surface area (Å²) in [6.07, 6.45) is 0.258. The van der Waals surface area contributed by atoms with Gasteiger partial charge in [-0.2, -0.15) is 0 Å². The van der Waals surface area contributed by atoms with Crippen LogP contribution in [-0.2, 0) is 11.2 Å². The first-order chi connectivity index (χ1) is 13.2. The number of carboxylic acid groups (broad SMARTS) is 1. The highest BCUT2D eigenvalue weighted by atomic mass is 19.3. The van der Waals surface area contributed by atoms with E-state index in [0.717, 1.165) is 12.1 Å². The lowest BCUT2D eigenvalue weighted by Gasteiger charge is -2.26. The molecule has 1 aromatic carbocycles. The quantitative estimate of drug-likeness (QED) is 0.649. The van der Waals surface area contributed by atoms with Crippen LogP contribution in [0, 0.1) is 11.6 Å². The van der Waals surface area contributed by atoms with Crippen LogP contribution in [0.25, 0.3) is 5.57 Å². The monoisotopic (exact) mass is 398 g/mol. The Balaban J connectivity index is 1.80. The number of carboxylic acids is 1. The first-order valence-electron chi connectivity index (χ1n) is 8.70. The fourth-order valence-electron chi connectivity index (χ4n) is 3.18. The fraction of sp³-hybridized carbons (Fsp3) is 0.350. The molecular weight excluding hydrogens is 380 g/mol. The molecule has 4 nitrogen and oxygen atoms in total. The first kappa shape index (κ1) is 20.0. The van der Waals surface area contributed by atoms with Gasteiger partial charge in [0.15, 0.2) is 17.4 Å². The summed E-state index contributed by atoms with van der Waals surface area (Å²) < 4.78 is 66.6. The van der Waals surface area contributed by atoms with Gasteiger partial charge in [0.2, 0.25) is 0 Å². The molecule has 1 heterocycles. The highest BCUT2D eigenvalue weighted by molar-refractivity contribution is 5.67. The second kappa shape index (κ2) is 8.08. The number of rotatable bonds is 7. The van der Waals surface area contributed by atoms with E-state index in [0.29, 0.717) is 11.3 Å². The van der Waals surface area contributed by atoms with Gasteiger partial charge in [-0.25, -0.2) is 17.6 Å². The SMILES string of the molecule is O=C(O)CCc1cc(F)c(OCC2=C(c3ccco3)CCC(F)(F)C2)c(F)c1. The Labute approximate surface area is 158 Å². The van der Waals surface area contributed by atoms with Crippen LogP contribution < -0.4 is 4.74 Å². The number of hydrogen-bond donors (Lipinski definition) is 1. The van der Waals surface area contributed by atoms with Crippen LogP contribution in [0.5, 0.6) is 5.75 Å². The van der Waals surface area contributed by atoms with E-state index in [4.69, 9.17) is 14.3 Å². The summed E-state index contributed by atoms with van der Waals surface area (Å²) in [6, 6.07) is 5.23. The van der Waals surface area contributed by atoms with Crippen molar-refractivity contribution in [3.05, 3.63) is 59.1 Å². The molecule has 0 unspecified atom stereocenters. The maximum absolute atomic E-state index is 14.2. The Hall–Kier alpha value is -2.77. The highest BCUT2D eigenvalue weighted by Crippen LogP contribution is 2.41. The molecule has 28 heavy (non-hydrogen) atoms. The van der Waals surface area contributed by atoms with Crippen molar-refractivity contribution < 1.29 is 36.6 Å². The van der Waals surface area contributed by atoms with Crippen LogP contribution in [0.15, 0.2) is 40.5 Å². The van der Waals surface area contributed by atoms with Gasteiger partial charge in [-0.15, -0.1) is 0 Å². The summed E-state index contributed by atoms with van der Waals surface area (Å²) in [5.41, 5.74) is 0.944. The van der Waals surface area contributed by atoms with Crippen molar-refractivity contribution >= 4 is 11.5 Å². The summed E-state index contributed by atoms with van der Waals surface area (Å²) in [4.78, 5) is 10.6. The average molecular weight is 398 g/mol. The predicted molar refractivity (Wildman–Crippen MR) is 92.2 cm³/mol. The highest BCUT2D eigenvalue weighted by Gasteiger charge is 2.36. The lowest BCUT2D eigenvalue weighted by Crippen LogP contribution is -2.24. The van der Waals surface area contributed by atoms with Gasteiger partial charge < -0.3 is 14.3 Å². The van der Waals surface area contributed by atoms with Crippen molar-refractivity contribution in [2.24, 2.45) is 0 Å². The molecule has 1 aromatic heterocycles. The number of hydrogen-bond acceptors (Lipinski definition) is 3. The van der Waals surface area contributed by atoms with Crippen molar-refractivity contribution in [1.29, 1.82) is 0 Å². The van der Waals surface area contributed by atoms with Crippen molar-refractivity contribution in [2.75, 3.05) is 6.61 Å². The molecule has 1 aliphatic rings. The van der Waals surface area contributed by atoms with E-state index >= 15 is 0 Å². The maximum atomic E-state index is 14.2. The first-order valence-corrected chi connectivity index (χ1v) is 8.70. The third-order valence-electron chi connectivity index (χ3n) is 4.53. The minimum Gasteiger partial charge on any atom is -0.483 e. The molecule has 1 aliphatic carbocycles. The minimum absolute atomic E-state index is 0.0382. The molecule has 0 radical (unpaired) electrons. The van der Waals surface area contributed by atoms with E-state index in [2.05, 4.69) is 0 Å². The van der Waals surface area contributed by atoms with Gasteiger partial charge in [-0.3, -0.25) is 4.79 Å². The molecule has 150 valence electrons. The van der Waals surface area contributed by atoms with Crippen LogP contribution in [0.4, 0.5) is 17.6 Å². The van der Waals surface area contributed by atoms with Crippen LogP contribution in [0.3, 0.4) is 0 Å². The van der Waals surface area contributed by atoms with Gasteiger partial charge in [-0.05, 0) is 53.8 Å². The van der Waals surface area contributed by atoms with Crippen LogP contribution in [0.1, 0.15) is 37.0 Å². The van der Waals surface area contributed by atoms with Crippen LogP contribution in [-0.4, -0.2) is 23.6 Å². The topological polar surface area (TPSA) is 59.7 Å². The normalized spacial score (nSPS) is 16.3. The van der Waals surface area contributed by atoms with Crippen molar-refractivity contribution in [3.63, 3.8) is 0 Å². The minimum atomic E-state index is -2.92. The number of ether oxygens (including phenoxy) is 1. The van der Waals surface area contributed by atoms with Gasteiger partial charge in [0.1, 0.15) is 12.4 Å². The Kier molecular flexibility index (Phi) is 5.76. The molecule has 2 aromatic rings. The Morgan fingerprint density at radius 2 is 1.96 bits per heavy atom. The zero-order valence-corrected chi connectivity index (χ0v) is 14.8. The predicted octanol–water partition coefficient (Wildman–Crippen LogP) is 5.23. The molecule has 1 N–H and O–H groups in total. The zero-order valence-electron chi connectivity index (χ0n) is 14.8. The lowest BCUT2D eigenvalue weighted by molar-refractivity contribution is -0.136. The van der Waals surface area contributed by atoms with Gasteiger partial charge >= 0.3 is 5.97 Å². The number of alkyl halides is 2. The Morgan fingerprint density at radius 3 is 2.57 bits per heavy atom. The van der Waals surface area contributed by atoms with E-state index in [-0.39, 0.29) is 36.8 Å². The summed E-state index contributed by atoms with van der Waals surface area (Å²) in [5.74, 6) is -6.28. The molecule has 0 saturated carbocycles. The standard InChI is InChI=1S/C20H18F4O4/c21-15-8-12(3-4-18(25)26)9-16(22)19(15)28-11-13-10-20(23,24)6-5-14(13)17-2-1-7-27-17/h1-2,7-9H,3-6,10-11H2,(H,25,26). The molecule has 0 saturated heterocycles. The second-order valence-corrected chi connectivity index (χ2v) is 6.66.